The molecule has 0 heterocycles. The van der Waals surface area contributed by atoms with E-state index in [9.17, 15) is 9.59 Å². The second-order valence-electron chi connectivity index (χ2n) is 4.45. The van der Waals surface area contributed by atoms with Gasteiger partial charge in [0.1, 0.15) is 11.6 Å². The van der Waals surface area contributed by atoms with Crippen molar-refractivity contribution in [2.45, 2.75) is 45.4 Å². The van der Waals surface area contributed by atoms with Crippen LogP contribution in [-0.4, -0.2) is 11.6 Å². The van der Waals surface area contributed by atoms with E-state index in [0.717, 1.165) is 32.1 Å². The first-order chi connectivity index (χ1) is 6.19. The molecule has 0 aromatic carbocycles. The molecule has 2 nitrogen and oxygen atoms in total. The first kappa shape index (κ1) is 8.92. The first-order valence-corrected chi connectivity index (χ1v) is 5.27. The minimum Gasteiger partial charge on any atom is -0.299 e. The molecule has 0 aliphatic heterocycles. The zero-order chi connectivity index (χ0) is 9.47. The number of Topliss-reactive ketones (excluding diaryl/α,β-unsaturated/α-hetero) is 2. The van der Waals surface area contributed by atoms with Gasteiger partial charge in [0.25, 0.3) is 0 Å². The van der Waals surface area contributed by atoms with Crippen LogP contribution in [0.15, 0.2) is 0 Å². The fraction of sp³-hybridized carbons (Fsp3) is 0.818. The van der Waals surface area contributed by atoms with Crippen LogP contribution in [0.5, 0.6) is 0 Å². The third kappa shape index (κ3) is 1.32. The van der Waals surface area contributed by atoms with Crippen molar-refractivity contribution in [2.75, 3.05) is 0 Å². The zero-order valence-electron chi connectivity index (χ0n) is 8.14. The van der Waals surface area contributed by atoms with Crippen LogP contribution in [-0.2, 0) is 9.59 Å². The molecule has 13 heavy (non-hydrogen) atoms. The summed E-state index contributed by atoms with van der Waals surface area (Å²) < 4.78 is 0. The number of rotatable bonds is 3. The maximum atomic E-state index is 11.8. The van der Waals surface area contributed by atoms with Gasteiger partial charge in [0.15, 0.2) is 0 Å². The van der Waals surface area contributed by atoms with Gasteiger partial charge in [-0.05, 0) is 32.1 Å². The highest BCUT2D eigenvalue weighted by Crippen LogP contribution is 2.57. The molecule has 0 amide bonds. The van der Waals surface area contributed by atoms with E-state index in [1.165, 1.54) is 0 Å². The highest BCUT2D eigenvalue weighted by Gasteiger charge is 2.56. The summed E-state index contributed by atoms with van der Waals surface area (Å²) in [7, 11) is 0. The molecule has 0 N–H and O–H groups in total. The Balaban J connectivity index is 2.02. The molecule has 2 aliphatic rings. The Morgan fingerprint density at radius 3 is 2.62 bits per heavy atom. The van der Waals surface area contributed by atoms with E-state index in [0.29, 0.717) is 6.42 Å². The van der Waals surface area contributed by atoms with Gasteiger partial charge in [-0.15, -0.1) is 0 Å². The number of hydrogen-bond donors (Lipinski definition) is 0. The highest BCUT2D eigenvalue weighted by atomic mass is 16.2. The van der Waals surface area contributed by atoms with Crippen LogP contribution in [0.1, 0.15) is 45.4 Å². The van der Waals surface area contributed by atoms with Crippen molar-refractivity contribution in [3.63, 3.8) is 0 Å². The quantitative estimate of drug-likeness (QED) is 0.623. The molecule has 2 heteroatoms. The lowest BCUT2D eigenvalue weighted by Gasteiger charge is -2.06. The number of carbonyl (C=O) groups excluding carboxylic acids is 2. The molecule has 0 saturated heterocycles. The molecule has 72 valence electrons. The van der Waals surface area contributed by atoms with Crippen LogP contribution in [0.4, 0.5) is 0 Å². The molecular formula is C11H16O2. The summed E-state index contributed by atoms with van der Waals surface area (Å²) in [4.78, 5) is 23.3. The van der Waals surface area contributed by atoms with Crippen LogP contribution in [0.2, 0.25) is 0 Å². The average Bonchev–Trinajstić information content (AvgIpc) is 2.78. The van der Waals surface area contributed by atoms with Crippen molar-refractivity contribution < 1.29 is 9.59 Å². The van der Waals surface area contributed by atoms with E-state index in [1.807, 2.05) is 6.92 Å². The molecule has 0 bridgehead atoms. The molecule has 0 aromatic rings. The van der Waals surface area contributed by atoms with Gasteiger partial charge < -0.3 is 0 Å². The normalized spacial score (nSPS) is 29.6. The van der Waals surface area contributed by atoms with Gasteiger partial charge in [0, 0.05) is 11.8 Å². The Morgan fingerprint density at radius 1 is 1.46 bits per heavy atom. The molecule has 2 fully saturated rings. The SMILES string of the molecule is CCCC(=O)C1CCC2(CC2)C1=O. The summed E-state index contributed by atoms with van der Waals surface area (Å²) >= 11 is 0. The van der Waals surface area contributed by atoms with E-state index in [2.05, 4.69) is 0 Å². The molecule has 2 saturated carbocycles. The molecule has 1 spiro atoms. The number of hydrogen-bond acceptors (Lipinski definition) is 2. The summed E-state index contributed by atoms with van der Waals surface area (Å²) in [5, 5.41) is 0. The van der Waals surface area contributed by atoms with Gasteiger partial charge >= 0.3 is 0 Å². The van der Waals surface area contributed by atoms with Crippen LogP contribution < -0.4 is 0 Å². The number of ketones is 2. The van der Waals surface area contributed by atoms with Crippen molar-refractivity contribution in [3.05, 3.63) is 0 Å². The van der Waals surface area contributed by atoms with E-state index in [-0.39, 0.29) is 22.9 Å². The second kappa shape index (κ2) is 2.93. The maximum absolute atomic E-state index is 11.8. The summed E-state index contributed by atoms with van der Waals surface area (Å²) in [5.41, 5.74) is -0.00588. The molecule has 1 atom stereocenters. The molecule has 2 rings (SSSR count). The van der Waals surface area contributed by atoms with Crippen molar-refractivity contribution >= 4 is 11.6 Å². The Kier molecular flexibility index (Phi) is 2.01. The minimum atomic E-state index is -0.220. The van der Waals surface area contributed by atoms with Gasteiger partial charge in [0.05, 0.1) is 5.92 Å². The zero-order valence-corrected chi connectivity index (χ0v) is 8.14. The Morgan fingerprint density at radius 2 is 2.15 bits per heavy atom. The molecule has 2 aliphatic carbocycles. The average molecular weight is 180 g/mol. The predicted molar refractivity (Wildman–Crippen MR) is 49.3 cm³/mol. The van der Waals surface area contributed by atoms with Gasteiger partial charge in [-0.25, -0.2) is 0 Å². The van der Waals surface area contributed by atoms with Crippen LogP contribution >= 0.6 is 0 Å². The third-order valence-electron chi connectivity index (χ3n) is 3.49. The standard InChI is InChI=1S/C11H16O2/c1-2-3-9(12)8-4-5-11(6-7-11)10(8)13/h8H,2-7H2,1H3. The monoisotopic (exact) mass is 180 g/mol. The smallest absolute Gasteiger partial charge is 0.149 e. The van der Waals surface area contributed by atoms with Crippen molar-refractivity contribution in [3.8, 4) is 0 Å². The Labute approximate surface area is 78.7 Å². The topological polar surface area (TPSA) is 34.1 Å². The summed E-state index contributed by atoms with van der Waals surface area (Å²) in [6, 6.07) is 0. The molecular weight excluding hydrogens is 164 g/mol. The summed E-state index contributed by atoms with van der Waals surface area (Å²) in [6.07, 6.45) is 5.36. The molecule has 1 unspecified atom stereocenters. The Bertz CT molecular complexity index is 251. The lowest BCUT2D eigenvalue weighted by atomic mass is 9.95. The number of carbonyl (C=O) groups is 2. The fourth-order valence-corrected chi connectivity index (χ4v) is 2.42. The van der Waals surface area contributed by atoms with Gasteiger partial charge in [-0.3, -0.25) is 9.59 Å². The van der Waals surface area contributed by atoms with Crippen molar-refractivity contribution in [2.24, 2.45) is 11.3 Å². The van der Waals surface area contributed by atoms with Gasteiger partial charge in [0.2, 0.25) is 0 Å². The largest absolute Gasteiger partial charge is 0.299 e. The summed E-state index contributed by atoms with van der Waals surface area (Å²) in [5.74, 6) is 0.240. The van der Waals surface area contributed by atoms with Crippen LogP contribution in [0, 0.1) is 11.3 Å². The lowest BCUT2D eigenvalue weighted by Crippen LogP contribution is -2.22. The van der Waals surface area contributed by atoms with Crippen LogP contribution in [0.25, 0.3) is 0 Å². The second-order valence-corrected chi connectivity index (χ2v) is 4.45. The highest BCUT2D eigenvalue weighted by molar-refractivity contribution is 6.07. The van der Waals surface area contributed by atoms with E-state index < -0.39 is 0 Å². The lowest BCUT2D eigenvalue weighted by molar-refractivity contribution is -0.133. The minimum absolute atomic E-state index is 0.00588. The van der Waals surface area contributed by atoms with E-state index in [4.69, 9.17) is 0 Å². The fourth-order valence-electron chi connectivity index (χ4n) is 2.42. The molecule has 0 aromatic heterocycles. The van der Waals surface area contributed by atoms with Crippen molar-refractivity contribution in [1.82, 2.24) is 0 Å². The maximum Gasteiger partial charge on any atom is 0.149 e. The van der Waals surface area contributed by atoms with E-state index >= 15 is 0 Å². The van der Waals surface area contributed by atoms with Crippen molar-refractivity contribution in [1.29, 1.82) is 0 Å². The van der Waals surface area contributed by atoms with Crippen LogP contribution in [0.3, 0.4) is 0 Å². The summed E-state index contributed by atoms with van der Waals surface area (Å²) in [6.45, 7) is 1.99. The Hall–Kier alpha value is -0.660. The molecule has 0 radical (unpaired) electrons. The third-order valence-corrected chi connectivity index (χ3v) is 3.49. The van der Waals surface area contributed by atoms with Gasteiger partial charge in [-0.1, -0.05) is 6.92 Å². The first-order valence-electron chi connectivity index (χ1n) is 5.27. The van der Waals surface area contributed by atoms with E-state index in [1.54, 1.807) is 0 Å². The predicted octanol–water partition coefficient (Wildman–Crippen LogP) is 2.11. The van der Waals surface area contributed by atoms with Gasteiger partial charge in [-0.2, -0.15) is 0 Å².